The van der Waals surface area contributed by atoms with Crippen molar-refractivity contribution in [3.8, 4) is 11.3 Å². The first-order chi connectivity index (χ1) is 15.9. The standard InChI is InChI=1S/C21H21FN8O3/c1-21(4-5-21)14-9-15(29-33-14)27-20(32)26-13-3-2-11(8-12(13)22)17-16-18(23)24-10-25-19(16)30(28-17)6-7-31/h2-3,8-10,31H,4-7H2,1H3,(H2,23,24,25)(H2,26,27,29,32). The minimum atomic E-state index is -0.672. The van der Waals surface area contributed by atoms with E-state index in [9.17, 15) is 14.3 Å². The summed E-state index contributed by atoms with van der Waals surface area (Å²) in [5.74, 6) is 0.482. The van der Waals surface area contributed by atoms with Crippen molar-refractivity contribution < 1.29 is 18.8 Å². The Balaban J connectivity index is 1.37. The molecule has 5 rings (SSSR count). The van der Waals surface area contributed by atoms with Gasteiger partial charge in [0.05, 0.1) is 24.2 Å². The summed E-state index contributed by atoms with van der Waals surface area (Å²) >= 11 is 0. The number of aliphatic hydroxyl groups excluding tert-OH is 1. The lowest BCUT2D eigenvalue weighted by atomic mass is 10.1. The number of benzene rings is 1. The first kappa shape index (κ1) is 20.8. The largest absolute Gasteiger partial charge is 0.394 e. The molecule has 5 N–H and O–H groups in total. The number of nitrogens with one attached hydrogen (secondary N) is 2. The number of amides is 2. The number of nitrogens with zero attached hydrogens (tertiary/aromatic N) is 5. The summed E-state index contributed by atoms with van der Waals surface area (Å²) in [6, 6.07) is 5.26. The summed E-state index contributed by atoms with van der Waals surface area (Å²) < 4.78 is 21.6. The summed E-state index contributed by atoms with van der Waals surface area (Å²) in [5.41, 5.74) is 7.17. The van der Waals surface area contributed by atoms with Crippen LogP contribution in [0.5, 0.6) is 0 Å². The third-order valence-corrected chi connectivity index (χ3v) is 5.71. The number of aromatic nitrogens is 5. The summed E-state index contributed by atoms with van der Waals surface area (Å²) in [6.07, 6.45) is 3.32. The van der Waals surface area contributed by atoms with Crippen LogP contribution in [0.15, 0.2) is 35.1 Å². The highest BCUT2D eigenvalue weighted by atomic mass is 19.1. The number of anilines is 3. The van der Waals surface area contributed by atoms with E-state index in [0.29, 0.717) is 28.1 Å². The maximum Gasteiger partial charge on any atom is 0.325 e. The fraction of sp³-hybridized carbons (Fsp3) is 0.286. The maximum atomic E-state index is 14.8. The molecule has 0 radical (unpaired) electrons. The predicted molar refractivity (Wildman–Crippen MR) is 118 cm³/mol. The molecule has 11 nitrogen and oxygen atoms in total. The molecular weight excluding hydrogens is 431 g/mol. The Labute approximate surface area is 186 Å². The van der Waals surface area contributed by atoms with Crippen LogP contribution in [0.25, 0.3) is 22.3 Å². The van der Waals surface area contributed by atoms with Crippen molar-refractivity contribution in [2.24, 2.45) is 0 Å². The number of aliphatic hydroxyl groups is 1. The Bertz CT molecular complexity index is 1360. The summed E-state index contributed by atoms with van der Waals surface area (Å²) in [6.45, 7) is 2.10. The van der Waals surface area contributed by atoms with Crippen LogP contribution in [0.4, 0.5) is 26.5 Å². The molecule has 170 valence electrons. The van der Waals surface area contributed by atoms with Gasteiger partial charge in [-0.3, -0.25) is 5.32 Å². The van der Waals surface area contributed by atoms with E-state index in [1.54, 1.807) is 12.1 Å². The van der Waals surface area contributed by atoms with E-state index in [-0.39, 0.29) is 35.9 Å². The second-order valence-electron chi connectivity index (χ2n) is 8.16. The Hall–Kier alpha value is -4.06. The third-order valence-electron chi connectivity index (χ3n) is 5.71. The lowest BCUT2D eigenvalue weighted by Crippen LogP contribution is -2.20. The average molecular weight is 452 g/mol. The zero-order valence-electron chi connectivity index (χ0n) is 17.7. The molecular formula is C21H21FN8O3. The summed E-state index contributed by atoms with van der Waals surface area (Å²) in [7, 11) is 0. The van der Waals surface area contributed by atoms with Crippen LogP contribution in [0.2, 0.25) is 0 Å². The normalized spacial score (nSPS) is 14.4. The van der Waals surface area contributed by atoms with E-state index in [1.807, 2.05) is 0 Å². The van der Waals surface area contributed by atoms with Crippen LogP contribution in [0, 0.1) is 5.82 Å². The zero-order chi connectivity index (χ0) is 23.2. The summed E-state index contributed by atoms with van der Waals surface area (Å²) in [4.78, 5) is 20.5. The number of fused-ring (bicyclic) bond motifs is 1. The van der Waals surface area contributed by atoms with E-state index in [1.165, 1.54) is 23.1 Å². The first-order valence-electron chi connectivity index (χ1n) is 10.3. The quantitative estimate of drug-likeness (QED) is 0.348. The van der Waals surface area contributed by atoms with E-state index >= 15 is 0 Å². The van der Waals surface area contributed by atoms with Gasteiger partial charge in [-0.25, -0.2) is 23.8 Å². The molecule has 0 unspecified atom stereocenters. The molecule has 0 saturated heterocycles. The number of hydrogen-bond donors (Lipinski definition) is 4. The summed E-state index contributed by atoms with van der Waals surface area (Å²) in [5, 5.41) is 23.0. The molecule has 1 fully saturated rings. The van der Waals surface area contributed by atoms with Crippen molar-refractivity contribution in [2.75, 3.05) is 23.0 Å². The van der Waals surface area contributed by atoms with Crippen LogP contribution in [0.1, 0.15) is 25.5 Å². The molecule has 0 atom stereocenters. The van der Waals surface area contributed by atoms with E-state index in [2.05, 4.69) is 37.8 Å². The average Bonchev–Trinajstić information content (AvgIpc) is 3.19. The number of halogens is 1. The molecule has 2 amide bonds. The molecule has 3 aromatic heterocycles. The van der Waals surface area contributed by atoms with Crippen LogP contribution < -0.4 is 16.4 Å². The van der Waals surface area contributed by atoms with Gasteiger partial charge in [0, 0.05) is 17.0 Å². The number of nitrogens with two attached hydrogens (primary N) is 1. The lowest BCUT2D eigenvalue weighted by Gasteiger charge is -2.08. The molecule has 1 aromatic carbocycles. The first-order valence-corrected chi connectivity index (χ1v) is 10.3. The van der Waals surface area contributed by atoms with Gasteiger partial charge in [0.1, 0.15) is 29.4 Å². The monoisotopic (exact) mass is 452 g/mol. The molecule has 1 saturated carbocycles. The van der Waals surface area contributed by atoms with Gasteiger partial charge >= 0.3 is 6.03 Å². The Morgan fingerprint density at radius 1 is 1.30 bits per heavy atom. The molecule has 0 spiro atoms. The SMILES string of the molecule is CC1(c2cc(NC(=O)Nc3ccc(-c4nn(CCO)c5ncnc(N)c45)cc3F)no2)CC1. The number of nitrogen functional groups attached to an aromatic ring is 1. The van der Waals surface area contributed by atoms with E-state index < -0.39 is 11.8 Å². The second-order valence-corrected chi connectivity index (χ2v) is 8.16. The molecule has 0 bridgehead atoms. The molecule has 0 aliphatic heterocycles. The van der Waals surface area contributed by atoms with Gasteiger partial charge in [0.15, 0.2) is 11.5 Å². The Morgan fingerprint density at radius 2 is 2.12 bits per heavy atom. The van der Waals surface area contributed by atoms with Crippen LogP contribution in [-0.4, -0.2) is 42.6 Å². The molecule has 1 aliphatic rings. The zero-order valence-corrected chi connectivity index (χ0v) is 17.7. The van der Waals surface area contributed by atoms with Crippen molar-refractivity contribution in [1.82, 2.24) is 24.9 Å². The van der Waals surface area contributed by atoms with Crippen molar-refractivity contribution in [3.05, 3.63) is 42.2 Å². The highest BCUT2D eigenvalue weighted by Gasteiger charge is 2.43. The smallest absolute Gasteiger partial charge is 0.325 e. The Morgan fingerprint density at radius 3 is 2.85 bits per heavy atom. The van der Waals surface area contributed by atoms with E-state index in [4.69, 9.17) is 10.3 Å². The van der Waals surface area contributed by atoms with Gasteiger partial charge in [-0.05, 0) is 25.0 Å². The van der Waals surface area contributed by atoms with Gasteiger partial charge in [-0.1, -0.05) is 18.1 Å². The third kappa shape index (κ3) is 3.84. The maximum absolute atomic E-state index is 14.8. The highest BCUT2D eigenvalue weighted by Crippen LogP contribution is 2.48. The van der Waals surface area contributed by atoms with Gasteiger partial charge in [-0.15, -0.1) is 0 Å². The molecule has 12 heteroatoms. The number of carbonyl (C=O) groups excluding carboxylic acids is 1. The highest BCUT2D eigenvalue weighted by molar-refractivity contribution is 6.00. The molecule has 1 aliphatic carbocycles. The van der Waals surface area contributed by atoms with Crippen molar-refractivity contribution in [2.45, 2.75) is 31.7 Å². The van der Waals surface area contributed by atoms with Crippen molar-refractivity contribution >= 4 is 34.4 Å². The van der Waals surface area contributed by atoms with Crippen molar-refractivity contribution in [1.29, 1.82) is 0 Å². The van der Waals surface area contributed by atoms with E-state index in [0.717, 1.165) is 12.8 Å². The molecule has 3 heterocycles. The number of hydrogen-bond acceptors (Lipinski definition) is 8. The second kappa shape index (κ2) is 7.81. The fourth-order valence-corrected chi connectivity index (χ4v) is 3.57. The lowest BCUT2D eigenvalue weighted by molar-refractivity contribution is 0.261. The van der Waals surface area contributed by atoms with Crippen LogP contribution in [-0.2, 0) is 12.0 Å². The molecule has 4 aromatic rings. The van der Waals surface area contributed by atoms with Crippen LogP contribution >= 0.6 is 0 Å². The minimum Gasteiger partial charge on any atom is -0.394 e. The number of carbonyl (C=O) groups is 1. The fourth-order valence-electron chi connectivity index (χ4n) is 3.57. The van der Waals surface area contributed by atoms with Gasteiger partial charge in [0.2, 0.25) is 0 Å². The van der Waals surface area contributed by atoms with Crippen LogP contribution in [0.3, 0.4) is 0 Å². The minimum absolute atomic E-state index is 0.0197. The van der Waals surface area contributed by atoms with Gasteiger partial charge < -0.3 is 20.7 Å². The molecule has 33 heavy (non-hydrogen) atoms. The van der Waals surface area contributed by atoms with Gasteiger partial charge in [0.25, 0.3) is 0 Å². The van der Waals surface area contributed by atoms with Gasteiger partial charge in [-0.2, -0.15) is 5.10 Å². The number of rotatable bonds is 6. The Kier molecular flexibility index (Phi) is 4.93. The topological polar surface area (TPSA) is 157 Å². The van der Waals surface area contributed by atoms with Crippen molar-refractivity contribution in [3.63, 3.8) is 0 Å². The predicted octanol–water partition coefficient (Wildman–Crippen LogP) is 2.89. The number of urea groups is 1.